The van der Waals surface area contributed by atoms with Crippen molar-refractivity contribution in [1.82, 2.24) is 0 Å². The Balaban J connectivity index is 2.44. The zero-order valence-electron chi connectivity index (χ0n) is 8.63. The van der Waals surface area contributed by atoms with Crippen LogP contribution < -0.4 is 10.5 Å². The summed E-state index contributed by atoms with van der Waals surface area (Å²) in [5, 5.41) is 0. The predicted molar refractivity (Wildman–Crippen MR) is 62.2 cm³/mol. The van der Waals surface area contributed by atoms with Crippen molar-refractivity contribution in [1.29, 1.82) is 0 Å². The topological polar surface area (TPSA) is 44.5 Å². The Kier molecular flexibility index (Phi) is 3.00. The van der Waals surface area contributed by atoms with E-state index in [1.54, 1.807) is 7.11 Å². The van der Waals surface area contributed by atoms with Crippen molar-refractivity contribution in [3.05, 3.63) is 28.2 Å². The summed E-state index contributed by atoms with van der Waals surface area (Å²) in [6, 6.07) is 5.98. The molecule has 1 aliphatic heterocycles. The molecule has 0 unspecified atom stereocenters. The highest BCUT2D eigenvalue weighted by Crippen LogP contribution is 2.38. The molecule has 0 amide bonds. The largest absolute Gasteiger partial charge is 0.496 e. The highest BCUT2D eigenvalue weighted by Gasteiger charge is 2.41. The number of ether oxygens (including phenoxy) is 2. The summed E-state index contributed by atoms with van der Waals surface area (Å²) in [6.07, 6.45) is 0. The van der Waals surface area contributed by atoms with Crippen molar-refractivity contribution in [2.45, 2.75) is 5.41 Å². The second-order valence-corrected chi connectivity index (χ2v) is 4.74. The molecule has 1 aromatic rings. The highest BCUT2D eigenvalue weighted by atomic mass is 79.9. The van der Waals surface area contributed by atoms with E-state index in [0.717, 1.165) is 15.8 Å². The number of methoxy groups -OCH3 is 1. The lowest BCUT2D eigenvalue weighted by molar-refractivity contribution is -0.0559. The molecule has 2 rings (SSSR count). The molecule has 82 valence electrons. The quantitative estimate of drug-likeness (QED) is 0.910. The molecule has 4 heteroatoms. The monoisotopic (exact) mass is 271 g/mol. The normalized spacial score (nSPS) is 18.3. The Morgan fingerprint density at radius 1 is 1.53 bits per heavy atom. The van der Waals surface area contributed by atoms with E-state index in [0.29, 0.717) is 19.8 Å². The zero-order chi connectivity index (χ0) is 10.9. The van der Waals surface area contributed by atoms with E-state index in [1.165, 1.54) is 0 Å². The summed E-state index contributed by atoms with van der Waals surface area (Å²) in [5.74, 6) is 0.881. The van der Waals surface area contributed by atoms with Gasteiger partial charge < -0.3 is 15.2 Å². The van der Waals surface area contributed by atoms with Gasteiger partial charge in [-0.25, -0.2) is 0 Å². The van der Waals surface area contributed by atoms with Gasteiger partial charge in [-0.1, -0.05) is 15.9 Å². The Labute approximate surface area is 97.7 Å². The molecule has 1 aromatic carbocycles. The standard InChI is InChI=1S/C11H14BrNO2/c1-14-10-3-2-8(12)4-9(10)11(5-13)6-15-7-11/h2-4H,5-7,13H2,1H3. The van der Waals surface area contributed by atoms with Crippen LogP contribution in [0.1, 0.15) is 5.56 Å². The molecule has 0 radical (unpaired) electrons. The first-order valence-corrected chi connectivity index (χ1v) is 5.63. The van der Waals surface area contributed by atoms with Crippen LogP contribution in [0.25, 0.3) is 0 Å². The molecular formula is C11H14BrNO2. The number of nitrogens with two attached hydrogens (primary N) is 1. The molecule has 15 heavy (non-hydrogen) atoms. The van der Waals surface area contributed by atoms with Gasteiger partial charge in [-0.3, -0.25) is 0 Å². The van der Waals surface area contributed by atoms with Gasteiger partial charge >= 0.3 is 0 Å². The third kappa shape index (κ3) is 1.77. The van der Waals surface area contributed by atoms with Crippen LogP contribution in [-0.2, 0) is 10.2 Å². The molecule has 1 saturated heterocycles. The lowest BCUT2D eigenvalue weighted by Crippen LogP contribution is -2.52. The first-order valence-electron chi connectivity index (χ1n) is 4.84. The Bertz CT molecular complexity index is 358. The minimum absolute atomic E-state index is 0.0604. The molecule has 1 heterocycles. The lowest BCUT2D eigenvalue weighted by atomic mass is 9.78. The average Bonchev–Trinajstić information content (AvgIpc) is 2.17. The van der Waals surface area contributed by atoms with Crippen LogP contribution in [0.4, 0.5) is 0 Å². The maximum absolute atomic E-state index is 5.82. The second kappa shape index (κ2) is 4.12. The molecule has 0 spiro atoms. The van der Waals surface area contributed by atoms with Gasteiger partial charge in [0.15, 0.2) is 0 Å². The van der Waals surface area contributed by atoms with Crippen molar-refractivity contribution in [3.8, 4) is 5.75 Å². The predicted octanol–water partition coefficient (Wildman–Crippen LogP) is 1.68. The van der Waals surface area contributed by atoms with Crippen LogP contribution in [0.5, 0.6) is 5.75 Å². The van der Waals surface area contributed by atoms with Gasteiger partial charge in [0.2, 0.25) is 0 Å². The minimum Gasteiger partial charge on any atom is -0.496 e. The Morgan fingerprint density at radius 3 is 2.73 bits per heavy atom. The maximum atomic E-state index is 5.82. The van der Waals surface area contributed by atoms with E-state index >= 15 is 0 Å². The van der Waals surface area contributed by atoms with E-state index in [1.807, 2.05) is 12.1 Å². The Morgan fingerprint density at radius 2 is 2.27 bits per heavy atom. The van der Waals surface area contributed by atoms with Crippen LogP contribution in [0, 0.1) is 0 Å². The SMILES string of the molecule is COc1ccc(Br)cc1C1(CN)COC1. The molecule has 0 saturated carbocycles. The van der Waals surface area contributed by atoms with Gasteiger partial charge in [-0.15, -0.1) is 0 Å². The summed E-state index contributed by atoms with van der Waals surface area (Å²) in [4.78, 5) is 0. The second-order valence-electron chi connectivity index (χ2n) is 3.82. The summed E-state index contributed by atoms with van der Waals surface area (Å²) < 4.78 is 11.7. The van der Waals surface area contributed by atoms with Crippen LogP contribution in [-0.4, -0.2) is 26.9 Å². The third-order valence-corrected chi connectivity index (χ3v) is 3.37. The van der Waals surface area contributed by atoms with Crippen LogP contribution in [0.15, 0.2) is 22.7 Å². The van der Waals surface area contributed by atoms with Crippen molar-refractivity contribution in [2.75, 3.05) is 26.9 Å². The average molecular weight is 272 g/mol. The number of benzene rings is 1. The highest BCUT2D eigenvalue weighted by molar-refractivity contribution is 9.10. The molecule has 0 aliphatic carbocycles. The van der Waals surface area contributed by atoms with Crippen LogP contribution >= 0.6 is 15.9 Å². The van der Waals surface area contributed by atoms with Crippen LogP contribution in [0.3, 0.4) is 0 Å². The fraction of sp³-hybridized carbons (Fsp3) is 0.455. The molecule has 0 bridgehead atoms. The van der Waals surface area contributed by atoms with Crippen molar-refractivity contribution in [2.24, 2.45) is 5.73 Å². The van der Waals surface area contributed by atoms with Gasteiger partial charge in [-0.2, -0.15) is 0 Å². The number of halogens is 1. The van der Waals surface area contributed by atoms with E-state index in [-0.39, 0.29) is 5.41 Å². The molecule has 0 atom stereocenters. The van der Waals surface area contributed by atoms with E-state index < -0.39 is 0 Å². The van der Waals surface area contributed by atoms with Gasteiger partial charge in [0.1, 0.15) is 5.75 Å². The molecule has 3 nitrogen and oxygen atoms in total. The molecule has 0 aromatic heterocycles. The third-order valence-electron chi connectivity index (χ3n) is 2.88. The summed E-state index contributed by atoms with van der Waals surface area (Å²) in [5.41, 5.74) is 6.90. The summed E-state index contributed by atoms with van der Waals surface area (Å²) in [6.45, 7) is 1.94. The first-order chi connectivity index (χ1) is 7.22. The fourth-order valence-electron chi connectivity index (χ4n) is 1.83. The summed E-state index contributed by atoms with van der Waals surface area (Å²) in [7, 11) is 1.68. The van der Waals surface area contributed by atoms with E-state index in [2.05, 4.69) is 22.0 Å². The van der Waals surface area contributed by atoms with Gasteiger partial charge in [0, 0.05) is 16.6 Å². The first kappa shape index (κ1) is 10.9. The van der Waals surface area contributed by atoms with Gasteiger partial charge in [0.05, 0.1) is 25.7 Å². The zero-order valence-corrected chi connectivity index (χ0v) is 10.2. The summed E-state index contributed by atoms with van der Waals surface area (Å²) >= 11 is 3.46. The van der Waals surface area contributed by atoms with Crippen molar-refractivity contribution < 1.29 is 9.47 Å². The Hall–Kier alpha value is -0.580. The van der Waals surface area contributed by atoms with Gasteiger partial charge in [-0.05, 0) is 18.2 Å². The molecule has 2 N–H and O–H groups in total. The van der Waals surface area contributed by atoms with E-state index in [9.17, 15) is 0 Å². The van der Waals surface area contributed by atoms with Crippen LogP contribution in [0.2, 0.25) is 0 Å². The molecule has 1 aliphatic rings. The minimum atomic E-state index is -0.0604. The van der Waals surface area contributed by atoms with Crippen molar-refractivity contribution >= 4 is 15.9 Å². The number of hydrogen-bond acceptors (Lipinski definition) is 3. The molecular weight excluding hydrogens is 258 g/mol. The fourth-order valence-corrected chi connectivity index (χ4v) is 2.19. The van der Waals surface area contributed by atoms with E-state index in [4.69, 9.17) is 15.2 Å². The number of hydrogen-bond donors (Lipinski definition) is 1. The lowest BCUT2D eigenvalue weighted by Gasteiger charge is -2.41. The smallest absolute Gasteiger partial charge is 0.122 e. The van der Waals surface area contributed by atoms with Crippen molar-refractivity contribution in [3.63, 3.8) is 0 Å². The molecule has 1 fully saturated rings. The maximum Gasteiger partial charge on any atom is 0.122 e. The number of rotatable bonds is 3. The van der Waals surface area contributed by atoms with Gasteiger partial charge in [0.25, 0.3) is 0 Å².